The number of carbonyl (C=O) groups is 3. The highest BCUT2D eigenvalue weighted by atomic mass is 16.2. The molecule has 0 N–H and O–H groups in total. The molecule has 6 nitrogen and oxygen atoms in total. The highest BCUT2D eigenvalue weighted by molar-refractivity contribution is 5.87. The molecule has 4 rings (SSSR count). The number of hydrogen-bond acceptors (Lipinski definition) is 3. The lowest BCUT2D eigenvalue weighted by molar-refractivity contribution is -0.147. The lowest BCUT2D eigenvalue weighted by Crippen LogP contribution is -2.52. The van der Waals surface area contributed by atoms with Crippen LogP contribution in [0.5, 0.6) is 0 Å². The maximum atomic E-state index is 13.4. The number of likely N-dealkylation sites (tertiary alicyclic amines) is 2. The van der Waals surface area contributed by atoms with E-state index < -0.39 is 5.41 Å². The molecule has 0 spiro atoms. The number of amides is 3. The van der Waals surface area contributed by atoms with Crippen molar-refractivity contribution in [3.8, 4) is 11.1 Å². The Morgan fingerprint density at radius 1 is 0.939 bits per heavy atom. The number of carbonyl (C=O) groups excluding carboxylic acids is 3. The van der Waals surface area contributed by atoms with Crippen LogP contribution in [0.25, 0.3) is 11.1 Å². The molecule has 0 atom stereocenters. The van der Waals surface area contributed by atoms with E-state index in [-0.39, 0.29) is 24.3 Å². The van der Waals surface area contributed by atoms with E-state index in [4.69, 9.17) is 0 Å². The Kier molecular flexibility index (Phi) is 6.82. The molecule has 2 aromatic carbocycles. The molecule has 0 aromatic heterocycles. The highest BCUT2D eigenvalue weighted by Crippen LogP contribution is 2.39. The first-order valence-corrected chi connectivity index (χ1v) is 11.8. The maximum absolute atomic E-state index is 13.4. The molecule has 6 heteroatoms. The quantitative estimate of drug-likeness (QED) is 0.683. The predicted octanol–water partition coefficient (Wildman–Crippen LogP) is 3.22. The Labute approximate surface area is 196 Å². The number of hydrogen-bond donors (Lipinski definition) is 0. The molecule has 0 bridgehead atoms. The van der Waals surface area contributed by atoms with Gasteiger partial charge in [0.15, 0.2) is 0 Å². The van der Waals surface area contributed by atoms with E-state index in [0.717, 1.165) is 23.1 Å². The summed E-state index contributed by atoms with van der Waals surface area (Å²) in [5, 5.41) is 0. The van der Waals surface area contributed by atoms with Crippen LogP contribution < -0.4 is 0 Å². The van der Waals surface area contributed by atoms with Gasteiger partial charge in [0.2, 0.25) is 17.7 Å². The van der Waals surface area contributed by atoms with E-state index in [1.165, 1.54) is 0 Å². The average molecular weight is 448 g/mol. The van der Waals surface area contributed by atoms with Crippen LogP contribution in [0.4, 0.5) is 0 Å². The van der Waals surface area contributed by atoms with Crippen LogP contribution in [0.1, 0.15) is 31.2 Å². The van der Waals surface area contributed by atoms with E-state index in [0.29, 0.717) is 45.3 Å². The van der Waals surface area contributed by atoms with Crippen LogP contribution >= 0.6 is 0 Å². The van der Waals surface area contributed by atoms with Crippen molar-refractivity contribution in [1.82, 2.24) is 14.7 Å². The summed E-state index contributed by atoms with van der Waals surface area (Å²) in [4.78, 5) is 43.4. The van der Waals surface area contributed by atoms with Crippen molar-refractivity contribution in [2.45, 2.75) is 32.1 Å². The van der Waals surface area contributed by atoms with Crippen LogP contribution in [0.3, 0.4) is 0 Å². The van der Waals surface area contributed by atoms with Gasteiger partial charge in [0, 0.05) is 40.2 Å². The van der Waals surface area contributed by atoms with Crippen molar-refractivity contribution in [3.63, 3.8) is 0 Å². The van der Waals surface area contributed by atoms with Crippen LogP contribution in [-0.2, 0) is 20.8 Å². The number of rotatable bonds is 6. The first kappa shape index (κ1) is 23.0. The van der Waals surface area contributed by atoms with Crippen LogP contribution in [0, 0.1) is 5.41 Å². The molecule has 2 fully saturated rings. The molecule has 0 aliphatic carbocycles. The van der Waals surface area contributed by atoms with Gasteiger partial charge in [-0.15, -0.1) is 0 Å². The molecular formula is C27H33N3O3. The minimum absolute atomic E-state index is 0.0131. The monoisotopic (exact) mass is 447 g/mol. The second-order valence-electron chi connectivity index (χ2n) is 9.48. The Bertz CT molecular complexity index is 1010. The molecular weight excluding hydrogens is 414 g/mol. The molecule has 2 heterocycles. The van der Waals surface area contributed by atoms with Crippen molar-refractivity contribution < 1.29 is 14.4 Å². The lowest BCUT2D eigenvalue weighted by Gasteiger charge is -2.42. The minimum Gasteiger partial charge on any atom is -0.348 e. The molecule has 2 saturated heterocycles. The summed E-state index contributed by atoms with van der Waals surface area (Å²) >= 11 is 0. The number of nitrogens with zero attached hydrogens (tertiary/aromatic N) is 3. The lowest BCUT2D eigenvalue weighted by atomic mass is 9.71. The van der Waals surface area contributed by atoms with E-state index in [9.17, 15) is 14.4 Å². The average Bonchev–Trinajstić information content (AvgIpc) is 3.24. The van der Waals surface area contributed by atoms with Crippen molar-refractivity contribution in [2.24, 2.45) is 5.41 Å². The van der Waals surface area contributed by atoms with Gasteiger partial charge in [-0.2, -0.15) is 0 Å². The zero-order valence-electron chi connectivity index (χ0n) is 19.6. The third-order valence-corrected chi connectivity index (χ3v) is 7.06. The second kappa shape index (κ2) is 9.77. The Hall–Kier alpha value is -3.15. The SMILES string of the molecule is CN(C)C(=O)C1(Cc2ccccc2-c2ccccc2)CCN(C(=O)CN2CCCC2=O)CC1. The Morgan fingerprint density at radius 3 is 2.24 bits per heavy atom. The smallest absolute Gasteiger partial charge is 0.242 e. The molecule has 2 aliphatic rings. The third kappa shape index (κ3) is 4.95. The fraction of sp³-hybridized carbons (Fsp3) is 0.444. The Balaban J connectivity index is 1.53. The first-order chi connectivity index (χ1) is 15.9. The summed E-state index contributed by atoms with van der Waals surface area (Å²) in [6.07, 6.45) is 3.24. The van der Waals surface area contributed by atoms with E-state index in [1.807, 2.05) is 49.3 Å². The molecule has 0 saturated carbocycles. The Morgan fingerprint density at radius 2 is 1.61 bits per heavy atom. The number of benzene rings is 2. The molecule has 2 aromatic rings. The van der Waals surface area contributed by atoms with Gasteiger partial charge >= 0.3 is 0 Å². The summed E-state index contributed by atoms with van der Waals surface area (Å²) in [6, 6.07) is 18.6. The summed E-state index contributed by atoms with van der Waals surface area (Å²) < 4.78 is 0. The van der Waals surface area contributed by atoms with Gasteiger partial charge in [0.05, 0.1) is 12.0 Å². The summed E-state index contributed by atoms with van der Waals surface area (Å²) in [5.41, 5.74) is 2.90. The fourth-order valence-corrected chi connectivity index (χ4v) is 5.20. The van der Waals surface area contributed by atoms with E-state index in [1.54, 1.807) is 9.80 Å². The van der Waals surface area contributed by atoms with Gasteiger partial charge in [0.1, 0.15) is 0 Å². The first-order valence-electron chi connectivity index (χ1n) is 11.8. The van der Waals surface area contributed by atoms with Gasteiger partial charge in [-0.1, -0.05) is 54.6 Å². The standard InChI is InChI=1S/C27H33N3O3/c1-28(2)26(33)27(19-22-11-6-7-12-23(22)21-9-4-3-5-10-21)14-17-29(18-15-27)25(32)20-30-16-8-13-24(30)31/h3-7,9-12H,8,13-20H2,1-2H3. The zero-order valence-corrected chi connectivity index (χ0v) is 19.6. The minimum atomic E-state index is -0.547. The van der Waals surface area contributed by atoms with Crippen molar-refractivity contribution >= 4 is 17.7 Å². The molecule has 33 heavy (non-hydrogen) atoms. The van der Waals surface area contributed by atoms with Crippen LogP contribution in [-0.4, -0.2) is 72.7 Å². The molecule has 3 amide bonds. The fourth-order valence-electron chi connectivity index (χ4n) is 5.20. The van der Waals surface area contributed by atoms with Crippen molar-refractivity contribution in [2.75, 3.05) is 40.3 Å². The van der Waals surface area contributed by atoms with Gasteiger partial charge in [0.25, 0.3) is 0 Å². The molecule has 0 radical (unpaired) electrons. The zero-order chi connectivity index (χ0) is 23.4. The van der Waals surface area contributed by atoms with Crippen molar-refractivity contribution in [1.29, 1.82) is 0 Å². The highest BCUT2D eigenvalue weighted by Gasteiger charge is 2.43. The summed E-state index contributed by atoms with van der Waals surface area (Å²) in [5.74, 6) is 0.169. The van der Waals surface area contributed by atoms with Crippen LogP contribution in [0.15, 0.2) is 54.6 Å². The van der Waals surface area contributed by atoms with Gasteiger partial charge in [-0.05, 0) is 42.4 Å². The predicted molar refractivity (Wildman–Crippen MR) is 128 cm³/mol. The third-order valence-electron chi connectivity index (χ3n) is 7.06. The molecule has 174 valence electrons. The van der Waals surface area contributed by atoms with Crippen LogP contribution in [0.2, 0.25) is 0 Å². The molecule has 0 unspecified atom stereocenters. The van der Waals surface area contributed by atoms with Gasteiger partial charge < -0.3 is 14.7 Å². The summed E-state index contributed by atoms with van der Waals surface area (Å²) in [6.45, 7) is 1.89. The van der Waals surface area contributed by atoms with Gasteiger partial charge in [-0.3, -0.25) is 14.4 Å². The normalized spacial score (nSPS) is 17.8. The van der Waals surface area contributed by atoms with E-state index >= 15 is 0 Å². The maximum Gasteiger partial charge on any atom is 0.242 e. The van der Waals surface area contributed by atoms with Crippen molar-refractivity contribution in [3.05, 3.63) is 60.2 Å². The van der Waals surface area contributed by atoms with Gasteiger partial charge in [-0.25, -0.2) is 0 Å². The largest absolute Gasteiger partial charge is 0.348 e. The topological polar surface area (TPSA) is 60.9 Å². The van der Waals surface area contributed by atoms with E-state index in [2.05, 4.69) is 24.3 Å². The summed E-state index contributed by atoms with van der Waals surface area (Å²) in [7, 11) is 3.62. The molecule has 2 aliphatic heterocycles. The second-order valence-corrected chi connectivity index (χ2v) is 9.48. The number of piperidine rings is 1.